The van der Waals surface area contributed by atoms with Crippen molar-refractivity contribution in [1.82, 2.24) is 9.88 Å². The molecule has 4 heterocycles. The number of fused-ring (bicyclic) bond motifs is 9. The molecule has 12 rings (SSSR count). The van der Waals surface area contributed by atoms with Crippen LogP contribution in [0.2, 0.25) is 0 Å². The molecule has 0 saturated heterocycles. The lowest BCUT2D eigenvalue weighted by molar-refractivity contribution is 0.660. The standard InChI is InChI=1S/C51H32N4OS/c1-3-14-31(15-4-1)49-52-50(32-16-5-2-6-17-32)54-51(53-49)39-23-12-22-38-37-21-11-20-34(47(37)56-48(38)39)33-28-29-44-40(30-33)46-43(26-13-27-45(46)57-44)55-41-24-9-7-18-35(41)36-19-8-10-25-42(36)55/h1-30,49H,(H,52,53,54). The highest BCUT2D eigenvalue weighted by Crippen LogP contribution is 2.44. The van der Waals surface area contributed by atoms with Crippen LogP contribution in [0.1, 0.15) is 22.9 Å². The summed E-state index contributed by atoms with van der Waals surface area (Å²) in [6.07, 6.45) is -0.302. The maximum Gasteiger partial charge on any atom is 0.159 e. The molecule has 0 amide bonds. The first-order valence-electron chi connectivity index (χ1n) is 19.2. The van der Waals surface area contributed by atoms with E-state index in [2.05, 4.69) is 155 Å². The van der Waals surface area contributed by atoms with Crippen LogP contribution < -0.4 is 5.32 Å². The highest BCUT2D eigenvalue weighted by atomic mass is 32.1. The normalized spacial score (nSPS) is 14.5. The van der Waals surface area contributed by atoms with Gasteiger partial charge in [0.25, 0.3) is 0 Å². The van der Waals surface area contributed by atoms with Crippen molar-refractivity contribution in [3.63, 3.8) is 0 Å². The van der Waals surface area contributed by atoms with Gasteiger partial charge in [-0.3, -0.25) is 0 Å². The predicted molar refractivity (Wildman–Crippen MR) is 238 cm³/mol. The molecule has 0 fully saturated rings. The molecular formula is C51H32N4OS. The lowest BCUT2D eigenvalue weighted by Gasteiger charge is -2.23. The van der Waals surface area contributed by atoms with Crippen molar-refractivity contribution in [2.45, 2.75) is 6.17 Å². The zero-order valence-corrected chi connectivity index (χ0v) is 31.4. The summed E-state index contributed by atoms with van der Waals surface area (Å²) in [5, 5.41) is 10.8. The second kappa shape index (κ2) is 12.6. The minimum Gasteiger partial charge on any atom is -0.455 e. The number of aliphatic imine (C=N–C) groups is 2. The zero-order valence-electron chi connectivity index (χ0n) is 30.6. The summed E-state index contributed by atoms with van der Waals surface area (Å²) < 4.78 is 12.0. The lowest BCUT2D eigenvalue weighted by atomic mass is 9.99. The van der Waals surface area contributed by atoms with E-state index in [1.165, 1.54) is 47.7 Å². The fraction of sp³-hybridized carbons (Fsp3) is 0.0196. The molecule has 11 aromatic rings. The Balaban J connectivity index is 1.03. The summed E-state index contributed by atoms with van der Waals surface area (Å²) in [6.45, 7) is 0. The van der Waals surface area contributed by atoms with E-state index < -0.39 is 0 Å². The number of rotatable bonds is 5. The van der Waals surface area contributed by atoms with Crippen LogP contribution in [-0.4, -0.2) is 16.2 Å². The van der Waals surface area contributed by atoms with Gasteiger partial charge in [0.15, 0.2) is 5.84 Å². The van der Waals surface area contributed by atoms with Crippen molar-refractivity contribution in [1.29, 1.82) is 0 Å². The number of benzene rings is 8. The summed E-state index contributed by atoms with van der Waals surface area (Å²) in [5.41, 5.74) is 10.3. The van der Waals surface area contributed by atoms with Crippen LogP contribution in [0, 0.1) is 0 Å². The molecule has 3 aromatic heterocycles. The molecule has 1 N–H and O–H groups in total. The molecule has 0 aliphatic carbocycles. The van der Waals surface area contributed by atoms with Crippen LogP contribution in [0.3, 0.4) is 0 Å². The van der Waals surface area contributed by atoms with Crippen molar-refractivity contribution in [2.75, 3.05) is 0 Å². The molecule has 0 spiro atoms. The van der Waals surface area contributed by atoms with Crippen molar-refractivity contribution in [3.8, 4) is 16.8 Å². The maximum atomic E-state index is 7.00. The molecule has 0 bridgehead atoms. The van der Waals surface area contributed by atoms with E-state index in [9.17, 15) is 0 Å². The molecule has 1 aliphatic rings. The Labute approximate surface area is 331 Å². The molecule has 57 heavy (non-hydrogen) atoms. The monoisotopic (exact) mass is 748 g/mol. The first kappa shape index (κ1) is 32.0. The van der Waals surface area contributed by atoms with Gasteiger partial charge in [0.2, 0.25) is 0 Å². The maximum absolute atomic E-state index is 7.00. The van der Waals surface area contributed by atoms with Gasteiger partial charge in [-0.2, -0.15) is 0 Å². The molecule has 8 aromatic carbocycles. The average molecular weight is 749 g/mol. The Bertz CT molecular complexity index is 3390. The highest BCUT2D eigenvalue weighted by Gasteiger charge is 2.25. The summed E-state index contributed by atoms with van der Waals surface area (Å²) in [6, 6.07) is 64.3. The van der Waals surface area contributed by atoms with Gasteiger partial charge < -0.3 is 14.3 Å². The van der Waals surface area contributed by atoms with Gasteiger partial charge in [-0.1, -0.05) is 140 Å². The van der Waals surface area contributed by atoms with E-state index in [0.29, 0.717) is 5.84 Å². The minimum absolute atomic E-state index is 0.302. The fourth-order valence-electron chi connectivity index (χ4n) is 8.69. The van der Waals surface area contributed by atoms with Crippen LogP contribution in [0.25, 0.3) is 80.7 Å². The highest BCUT2D eigenvalue weighted by molar-refractivity contribution is 7.25. The third-order valence-electron chi connectivity index (χ3n) is 11.3. The second-order valence-corrected chi connectivity index (χ2v) is 15.6. The van der Waals surface area contributed by atoms with Crippen molar-refractivity contribution >= 4 is 86.9 Å². The smallest absolute Gasteiger partial charge is 0.159 e. The Kier molecular flexibility index (Phi) is 7.09. The van der Waals surface area contributed by atoms with E-state index >= 15 is 0 Å². The van der Waals surface area contributed by atoms with Crippen molar-refractivity contribution in [3.05, 3.63) is 199 Å². The fourth-order valence-corrected chi connectivity index (χ4v) is 9.79. The predicted octanol–water partition coefficient (Wildman–Crippen LogP) is 13.2. The van der Waals surface area contributed by atoms with Crippen molar-refractivity contribution < 1.29 is 4.42 Å². The van der Waals surface area contributed by atoms with Crippen LogP contribution >= 0.6 is 11.3 Å². The van der Waals surface area contributed by atoms with E-state index in [1.54, 1.807) is 0 Å². The number of nitrogens with zero attached hydrogens (tertiary/aromatic N) is 3. The molecule has 268 valence electrons. The largest absolute Gasteiger partial charge is 0.455 e. The number of hydrogen-bond acceptors (Lipinski definition) is 5. The van der Waals surface area contributed by atoms with Crippen molar-refractivity contribution in [2.24, 2.45) is 9.98 Å². The number of furan rings is 1. The van der Waals surface area contributed by atoms with Crippen LogP contribution in [-0.2, 0) is 0 Å². The van der Waals surface area contributed by atoms with Gasteiger partial charge in [0.05, 0.1) is 22.3 Å². The topological polar surface area (TPSA) is 54.8 Å². The van der Waals surface area contributed by atoms with Gasteiger partial charge in [0.1, 0.15) is 23.2 Å². The lowest BCUT2D eigenvalue weighted by Crippen LogP contribution is -2.33. The number of nitrogens with one attached hydrogen (secondary N) is 1. The number of amidine groups is 2. The average Bonchev–Trinajstić information content (AvgIpc) is 3.96. The quantitative estimate of drug-likeness (QED) is 0.191. The SMILES string of the molecule is c1ccc(C2=NC(c3ccccc3)NC(c3cccc4c3oc3c(-c5ccc6sc7cccc(-n8c9ccccc9c9ccccc98)c7c6c5)cccc34)=N2)cc1. The molecule has 0 saturated carbocycles. The number of thiophene rings is 1. The number of para-hydroxylation sites is 4. The first-order valence-corrected chi connectivity index (χ1v) is 20.0. The summed E-state index contributed by atoms with van der Waals surface area (Å²) in [4.78, 5) is 10.2. The minimum atomic E-state index is -0.302. The Morgan fingerprint density at radius 1 is 0.509 bits per heavy atom. The van der Waals surface area contributed by atoms with Crippen LogP contribution in [0.15, 0.2) is 196 Å². The van der Waals surface area contributed by atoms with Gasteiger partial charge in [-0.05, 0) is 53.6 Å². The van der Waals surface area contributed by atoms with Crippen LogP contribution in [0.4, 0.5) is 0 Å². The third-order valence-corrected chi connectivity index (χ3v) is 12.4. The van der Waals surface area contributed by atoms with Gasteiger partial charge in [0, 0.05) is 52.8 Å². The van der Waals surface area contributed by atoms with E-state index in [1.807, 2.05) is 47.7 Å². The molecule has 0 radical (unpaired) electrons. The third kappa shape index (κ3) is 5.01. The van der Waals surface area contributed by atoms with Gasteiger partial charge in [-0.25, -0.2) is 9.98 Å². The molecule has 1 aliphatic heterocycles. The number of aromatic nitrogens is 1. The van der Waals surface area contributed by atoms with Crippen LogP contribution in [0.5, 0.6) is 0 Å². The first-order chi connectivity index (χ1) is 28.3. The van der Waals surface area contributed by atoms with E-state index in [4.69, 9.17) is 14.4 Å². The van der Waals surface area contributed by atoms with Gasteiger partial charge >= 0.3 is 0 Å². The molecule has 6 heteroatoms. The molecular weight excluding hydrogens is 717 g/mol. The summed E-state index contributed by atoms with van der Waals surface area (Å²) in [7, 11) is 0. The Morgan fingerprint density at radius 2 is 1.14 bits per heavy atom. The summed E-state index contributed by atoms with van der Waals surface area (Å²) >= 11 is 1.84. The molecule has 5 nitrogen and oxygen atoms in total. The second-order valence-electron chi connectivity index (χ2n) is 14.5. The molecule has 1 atom stereocenters. The Morgan fingerprint density at radius 3 is 1.89 bits per heavy atom. The Hall–Kier alpha value is -7.28. The summed E-state index contributed by atoms with van der Waals surface area (Å²) in [5.74, 6) is 1.41. The van der Waals surface area contributed by atoms with Gasteiger partial charge in [-0.15, -0.1) is 11.3 Å². The van der Waals surface area contributed by atoms with E-state index in [-0.39, 0.29) is 6.17 Å². The number of hydrogen-bond donors (Lipinski definition) is 1. The molecule has 1 unspecified atom stereocenters. The zero-order chi connectivity index (χ0) is 37.5. The van der Waals surface area contributed by atoms with E-state index in [0.717, 1.165) is 55.6 Å².